The molecule has 6 rings (SSSR count). The fourth-order valence-corrected chi connectivity index (χ4v) is 5.43. The molecule has 2 N–H and O–H groups in total. The normalized spacial score (nSPS) is 18.6. The number of halogens is 1. The molecule has 0 spiro atoms. The van der Waals surface area contributed by atoms with Gasteiger partial charge in [0.25, 0.3) is 0 Å². The molecule has 2 fully saturated rings. The molecule has 0 unspecified atom stereocenters. The number of benzene rings is 2. The standard InChI is InChI=1S/C18H24N2O3.C14H18N2O.ClH/c1-18(2,3)23-17(21)20-11-5-6-13(20)12-22-16-8-4-7-15-14(16)9-10-19-15;1-16-9-7-12-13(16)5-2-6-14(12)17-10-11-4-3-8-15-11;/h4,7-10,13,19H,5-6,11-12H2,1-3H3;2,5-7,9,11,15H,3-4,8,10H2,1H3;1H/t13-;11-;/m00./s1. The maximum atomic E-state index is 12.3. The Balaban J connectivity index is 0.000000192. The van der Waals surface area contributed by atoms with E-state index in [1.54, 1.807) is 4.90 Å². The van der Waals surface area contributed by atoms with Gasteiger partial charge in [-0.1, -0.05) is 12.1 Å². The summed E-state index contributed by atoms with van der Waals surface area (Å²) in [6, 6.07) is 16.9. The molecule has 41 heavy (non-hydrogen) atoms. The van der Waals surface area contributed by atoms with Crippen LogP contribution in [0.2, 0.25) is 0 Å². The number of carbonyl (C=O) groups is 1. The van der Waals surface area contributed by atoms with Crippen molar-refractivity contribution in [3.8, 4) is 11.5 Å². The van der Waals surface area contributed by atoms with Gasteiger partial charge in [-0.3, -0.25) is 0 Å². The average Bonchev–Trinajstić information content (AvgIpc) is 3.73. The van der Waals surface area contributed by atoms with Crippen LogP contribution < -0.4 is 14.8 Å². The molecule has 4 heterocycles. The first kappa shape index (κ1) is 30.6. The summed E-state index contributed by atoms with van der Waals surface area (Å²) in [6.07, 6.45) is 8.16. The summed E-state index contributed by atoms with van der Waals surface area (Å²) in [5.41, 5.74) is 1.81. The van der Waals surface area contributed by atoms with Crippen molar-refractivity contribution in [1.82, 2.24) is 19.8 Å². The van der Waals surface area contributed by atoms with Crippen molar-refractivity contribution < 1.29 is 19.0 Å². The highest BCUT2D eigenvalue weighted by molar-refractivity contribution is 5.87. The molecule has 2 aromatic carbocycles. The first-order chi connectivity index (χ1) is 19.3. The number of likely N-dealkylation sites (tertiary alicyclic amines) is 1. The summed E-state index contributed by atoms with van der Waals surface area (Å²) in [4.78, 5) is 17.3. The highest BCUT2D eigenvalue weighted by Gasteiger charge is 2.32. The van der Waals surface area contributed by atoms with E-state index < -0.39 is 5.60 Å². The van der Waals surface area contributed by atoms with Crippen molar-refractivity contribution in [2.75, 3.05) is 26.3 Å². The number of rotatable bonds is 6. The zero-order valence-corrected chi connectivity index (χ0v) is 25.3. The lowest BCUT2D eigenvalue weighted by Crippen LogP contribution is -2.42. The van der Waals surface area contributed by atoms with E-state index in [4.69, 9.17) is 14.2 Å². The number of hydrogen-bond acceptors (Lipinski definition) is 5. The maximum absolute atomic E-state index is 12.3. The van der Waals surface area contributed by atoms with E-state index >= 15 is 0 Å². The van der Waals surface area contributed by atoms with Crippen molar-refractivity contribution in [3.05, 3.63) is 60.9 Å². The van der Waals surface area contributed by atoms with Crippen molar-refractivity contribution in [2.24, 2.45) is 7.05 Å². The molecule has 222 valence electrons. The Kier molecular flexibility index (Phi) is 10.1. The lowest BCUT2D eigenvalue weighted by molar-refractivity contribution is 0.0188. The van der Waals surface area contributed by atoms with Gasteiger partial charge in [0.05, 0.1) is 11.6 Å². The monoisotopic (exact) mass is 582 g/mol. The van der Waals surface area contributed by atoms with Crippen LogP contribution in [-0.4, -0.2) is 64.5 Å². The van der Waals surface area contributed by atoms with Crippen LogP contribution >= 0.6 is 12.4 Å². The zero-order valence-electron chi connectivity index (χ0n) is 24.5. The van der Waals surface area contributed by atoms with Gasteiger partial charge in [0.15, 0.2) is 0 Å². The third kappa shape index (κ3) is 7.68. The molecule has 2 saturated heterocycles. The van der Waals surface area contributed by atoms with E-state index in [-0.39, 0.29) is 24.5 Å². The number of ether oxygens (including phenoxy) is 3. The number of aromatic nitrogens is 2. The summed E-state index contributed by atoms with van der Waals surface area (Å²) in [6.45, 7) is 8.79. The van der Waals surface area contributed by atoms with E-state index in [1.807, 2.05) is 51.2 Å². The molecule has 2 atom stereocenters. The maximum Gasteiger partial charge on any atom is 0.410 e. The molecule has 4 aromatic rings. The molecule has 8 nitrogen and oxygen atoms in total. The predicted molar refractivity (Wildman–Crippen MR) is 166 cm³/mol. The van der Waals surface area contributed by atoms with Crippen molar-refractivity contribution in [2.45, 2.75) is 64.1 Å². The van der Waals surface area contributed by atoms with Gasteiger partial charge in [0.1, 0.15) is 30.3 Å². The van der Waals surface area contributed by atoms with Gasteiger partial charge in [0.2, 0.25) is 0 Å². The van der Waals surface area contributed by atoms with E-state index in [2.05, 4.69) is 52.4 Å². The van der Waals surface area contributed by atoms with Crippen molar-refractivity contribution in [1.29, 1.82) is 0 Å². The summed E-state index contributed by atoms with van der Waals surface area (Å²) < 4.78 is 19.6. The van der Waals surface area contributed by atoms with Gasteiger partial charge in [-0.15, -0.1) is 12.4 Å². The number of aryl methyl sites for hydroxylation is 1. The Bertz CT molecular complexity index is 1420. The van der Waals surface area contributed by atoms with Gasteiger partial charge in [-0.2, -0.15) is 0 Å². The van der Waals surface area contributed by atoms with Crippen LogP contribution in [0.25, 0.3) is 21.8 Å². The van der Waals surface area contributed by atoms with Crippen molar-refractivity contribution in [3.63, 3.8) is 0 Å². The minimum atomic E-state index is -0.470. The lowest BCUT2D eigenvalue weighted by Gasteiger charge is -2.28. The van der Waals surface area contributed by atoms with Gasteiger partial charge >= 0.3 is 6.09 Å². The lowest BCUT2D eigenvalue weighted by atomic mass is 10.2. The van der Waals surface area contributed by atoms with Crippen LogP contribution in [0.3, 0.4) is 0 Å². The summed E-state index contributed by atoms with van der Waals surface area (Å²) in [5, 5.41) is 5.72. The molecule has 0 radical (unpaired) electrons. The third-order valence-corrected chi connectivity index (χ3v) is 7.48. The van der Waals surface area contributed by atoms with E-state index in [9.17, 15) is 4.79 Å². The number of hydrogen-bond donors (Lipinski definition) is 2. The van der Waals surface area contributed by atoms with Crippen LogP contribution in [0.15, 0.2) is 60.9 Å². The molecule has 0 bridgehead atoms. The third-order valence-electron chi connectivity index (χ3n) is 7.48. The molecule has 0 saturated carbocycles. The minimum Gasteiger partial charge on any atom is -0.491 e. The van der Waals surface area contributed by atoms with E-state index in [1.165, 1.54) is 23.7 Å². The fraction of sp³-hybridized carbons (Fsp3) is 0.469. The van der Waals surface area contributed by atoms with Crippen LogP contribution in [-0.2, 0) is 11.8 Å². The largest absolute Gasteiger partial charge is 0.491 e. The minimum absolute atomic E-state index is 0. The van der Waals surface area contributed by atoms with Gasteiger partial charge in [0, 0.05) is 48.3 Å². The molecular formula is C32H43ClN4O4. The quantitative estimate of drug-likeness (QED) is 0.265. The molecule has 2 aromatic heterocycles. The fourth-order valence-electron chi connectivity index (χ4n) is 5.43. The Hall–Kier alpha value is -3.36. The zero-order chi connectivity index (χ0) is 28.1. The van der Waals surface area contributed by atoms with Gasteiger partial charge in [-0.05, 0) is 89.4 Å². The second kappa shape index (κ2) is 13.5. The van der Waals surface area contributed by atoms with E-state index in [0.717, 1.165) is 54.9 Å². The van der Waals surface area contributed by atoms with Crippen LogP contribution in [0.5, 0.6) is 11.5 Å². The average molecular weight is 583 g/mol. The number of H-pyrrole nitrogens is 1. The topological polar surface area (TPSA) is 80.8 Å². The second-order valence-corrected chi connectivity index (χ2v) is 11.7. The highest BCUT2D eigenvalue weighted by atomic mass is 35.5. The first-order valence-corrected chi connectivity index (χ1v) is 14.4. The first-order valence-electron chi connectivity index (χ1n) is 14.4. The molecular weight excluding hydrogens is 540 g/mol. The Morgan fingerprint density at radius 1 is 0.951 bits per heavy atom. The molecule has 9 heteroatoms. The Morgan fingerprint density at radius 2 is 1.71 bits per heavy atom. The summed E-state index contributed by atoms with van der Waals surface area (Å²) >= 11 is 0. The Morgan fingerprint density at radius 3 is 2.46 bits per heavy atom. The van der Waals surface area contributed by atoms with E-state index in [0.29, 0.717) is 12.6 Å². The van der Waals surface area contributed by atoms with Crippen LogP contribution in [0.1, 0.15) is 46.5 Å². The summed E-state index contributed by atoms with van der Waals surface area (Å²) in [5.74, 6) is 1.84. The molecule has 2 aliphatic heterocycles. The number of nitrogens with zero attached hydrogens (tertiary/aromatic N) is 2. The van der Waals surface area contributed by atoms with Crippen LogP contribution in [0.4, 0.5) is 4.79 Å². The number of nitrogens with one attached hydrogen (secondary N) is 2. The Labute approximate surface area is 248 Å². The van der Waals surface area contributed by atoms with Crippen molar-refractivity contribution >= 4 is 40.3 Å². The highest BCUT2D eigenvalue weighted by Crippen LogP contribution is 2.28. The number of aromatic amines is 1. The van der Waals surface area contributed by atoms with Crippen LogP contribution in [0, 0.1) is 0 Å². The summed E-state index contributed by atoms with van der Waals surface area (Å²) in [7, 11) is 2.06. The SMILES string of the molecule is CC(C)(C)OC(=O)N1CCC[C@H]1COc1cccc2[nH]ccc12.Cl.Cn1ccc2c(OC[C@@H]3CCCN3)cccc21. The number of amides is 1. The predicted octanol–water partition coefficient (Wildman–Crippen LogP) is 6.68. The molecule has 1 amide bonds. The smallest absolute Gasteiger partial charge is 0.410 e. The number of fused-ring (bicyclic) bond motifs is 2. The van der Waals surface area contributed by atoms with Gasteiger partial charge in [-0.25, -0.2) is 4.79 Å². The molecule has 0 aliphatic carbocycles. The second-order valence-electron chi connectivity index (χ2n) is 11.7. The molecule has 2 aliphatic rings. The number of carbonyl (C=O) groups excluding carboxylic acids is 1. The van der Waals surface area contributed by atoms with Gasteiger partial charge < -0.3 is 34.0 Å².